The van der Waals surface area contributed by atoms with Crippen LogP contribution in [0.3, 0.4) is 0 Å². The molecular formula is C22H18FN3O. The Hall–Kier alpha value is -3.47. The van der Waals surface area contributed by atoms with Gasteiger partial charge in [0.25, 0.3) is 5.91 Å². The molecule has 0 saturated heterocycles. The molecule has 2 aromatic heterocycles. The molecule has 4 aromatic rings. The highest BCUT2D eigenvalue weighted by Gasteiger charge is 2.10. The van der Waals surface area contributed by atoms with Crippen LogP contribution in [-0.4, -0.2) is 15.3 Å². The number of halogens is 1. The van der Waals surface area contributed by atoms with Crippen molar-refractivity contribution in [3.8, 4) is 11.3 Å². The van der Waals surface area contributed by atoms with E-state index in [1.165, 1.54) is 6.07 Å². The van der Waals surface area contributed by atoms with Crippen LogP contribution >= 0.6 is 0 Å². The summed E-state index contributed by atoms with van der Waals surface area (Å²) in [4.78, 5) is 17.1. The molecule has 5 heteroatoms. The average Bonchev–Trinajstić information content (AvgIpc) is 3.07. The number of hydrogen-bond acceptors (Lipinski definition) is 2. The molecule has 0 bridgehead atoms. The predicted octanol–water partition coefficient (Wildman–Crippen LogP) is 5.01. The first kappa shape index (κ1) is 17.0. The fourth-order valence-electron chi connectivity index (χ4n) is 2.92. The molecule has 27 heavy (non-hydrogen) atoms. The van der Waals surface area contributed by atoms with Gasteiger partial charge in [-0.2, -0.15) is 0 Å². The zero-order valence-corrected chi connectivity index (χ0v) is 15.0. The fourth-order valence-corrected chi connectivity index (χ4v) is 2.92. The number of benzene rings is 2. The Kier molecular flexibility index (Phi) is 4.20. The van der Waals surface area contributed by atoms with Crippen LogP contribution in [0, 0.1) is 19.7 Å². The maximum absolute atomic E-state index is 13.7. The van der Waals surface area contributed by atoms with Crippen molar-refractivity contribution in [2.24, 2.45) is 0 Å². The second-order valence-corrected chi connectivity index (χ2v) is 6.59. The van der Waals surface area contributed by atoms with E-state index >= 15 is 0 Å². The number of aromatic nitrogens is 2. The number of amides is 1. The topological polar surface area (TPSA) is 46.4 Å². The van der Waals surface area contributed by atoms with Crippen LogP contribution in [-0.2, 0) is 0 Å². The van der Waals surface area contributed by atoms with Crippen molar-refractivity contribution < 1.29 is 9.18 Å². The highest BCUT2D eigenvalue weighted by atomic mass is 19.1. The van der Waals surface area contributed by atoms with Crippen LogP contribution in [0.4, 0.5) is 10.1 Å². The number of nitrogens with one attached hydrogen (secondary N) is 1. The highest BCUT2D eigenvalue weighted by Crippen LogP contribution is 2.23. The molecule has 1 amide bonds. The largest absolute Gasteiger partial charge is 0.322 e. The minimum absolute atomic E-state index is 0.284. The number of nitrogens with zero attached hydrogens (tertiary/aromatic N) is 2. The normalized spacial score (nSPS) is 10.9. The lowest BCUT2D eigenvalue weighted by molar-refractivity contribution is 0.102. The van der Waals surface area contributed by atoms with Gasteiger partial charge in [0.2, 0.25) is 0 Å². The number of hydrogen-bond donors (Lipinski definition) is 1. The van der Waals surface area contributed by atoms with Crippen molar-refractivity contribution >= 4 is 17.2 Å². The summed E-state index contributed by atoms with van der Waals surface area (Å²) in [6, 6.07) is 16.0. The second kappa shape index (κ2) is 6.68. The summed E-state index contributed by atoms with van der Waals surface area (Å²) in [5.74, 6) is -0.743. The van der Waals surface area contributed by atoms with E-state index in [-0.39, 0.29) is 11.5 Å². The Morgan fingerprint density at radius 1 is 1.07 bits per heavy atom. The monoisotopic (exact) mass is 359 g/mol. The Bertz CT molecular complexity index is 1160. The van der Waals surface area contributed by atoms with Crippen molar-refractivity contribution in [3.05, 3.63) is 89.5 Å². The van der Waals surface area contributed by atoms with Crippen LogP contribution in [0.1, 0.15) is 21.5 Å². The molecule has 0 radical (unpaired) electrons. The number of carbonyl (C=O) groups is 1. The first-order valence-electron chi connectivity index (χ1n) is 8.63. The molecule has 2 heterocycles. The maximum atomic E-state index is 13.7. The zero-order valence-electron chi connectivity index (χ0n) is 15.0. The lowest BCUT2D eigenvalue weighted by atomic mass is 10.1. The van der Waals surface area contributed by atoms with Gasteiger partial charge in [-0.25, -0.2) is 9.37 Å². The SMILES string of the molecule is Cc1ccn2cc(-c3cccc(NC(=O)c4ccc(C)c(F)c4)c3)nc2c1. The van der Waals surface area contributed by atoms with E-state index < -0.39 is 5.82 Å². The third kappa shape index (κ3) is 3.44. The fraction of sp³-hybridized carbons (Fsp3) is 0.0909. The molecule has 2 aromatic carbocycles. The van der Waals surface area contributed by atoms with Crippen molar-refractivity contribution in [3.63, 3.8) is 0 Å². The highest BCUT2D eigenvalue weighted by molar-refractivity contribution is 6.04. The van der Waals surface area contributed by atoms with Crippen LogP contribution in [0.2, 0.25) is 0 Å². The van der Waals surface area contributed by atoms with Gasteiger partial charge < -0.3 is 9.72 Å². The van der Waals surface area contributed by atoms with Crippen molar-refractivity contribution in [2.45, 2.75) is 13.8 Å². The van der Waals surface area contributed by atoms with E-state index in [4.69, 9.17) is 0 Å². The van der Waals surface area contributed by atoms with Crippen LogP contribution in [0.5, 0.6) is 0 Å². The number of anilines is 1. The summed E-state index contributed by atoms with van der Waals surface area (Å²) in [7, 11) is 0. The average molecular weight is 359 g/mol. The van der Waals surface area contributed by atoms with Crippen molar-refractivity contribution in [2.75, 3.05) is 5.32 Å². The number of aryl methyl sites for hydroxylation is 2. The number of imidazole rings is 1. The predicted molar refractivity (Wildman–Crippen MR) is 104 cm³/mol. The van der Waals surface area contributed by atoms with Gasteiger partial charge in [-0.05, 0) is 61.4 Å². The quantitative estimate of drug-likeness (QED) is 0.559. The standard InChI is InChI=1S/C22H18FN3O/c1-14-8-9-26-13-20(25-21(26)10-14)16-4-3-5-18(11-16)24-22(27)17-7-6-15(2)19(23)12-17/h3-13H,1-2H3,(H,24,27). The van der Waals surface area contributed by atoms with Gasteiger partial charge in [-0.3, -0.25) is 4.79 Å². The van der Waals surface area contributed by atoms with Crippen LogP contribution < -0.4 is 5.32 Å². The molecule has 0 unspecified atom stereocenters. The molecule has 0 saturated carbocycles. The third-order valence-corrected chi connectivity index (χ3v) is 4.47. The first-order chi connectivity index (χ1) is 13.0. The third-order valence-electron chi connectivity index (χ3n) is 4.47. The summed E-state index contributed by atoms with van der Waals surface area (Å²) in [6.07, 6.45) is 3.92. The van der Waals surface area contributed by atoms with E-state index in [2.05, 4.69) is 10.3 Å². The van der Waals surface area contributed by atoms with Gasteiger partial charge >= 0.3 is 0 Å². The van der Waals surface area contributed by atoms with Crippen LogP contribution in [0.15, 0.2) is 67.0 Å². The summed E-state index contributed by atoms with van der Waals surface area (Å²) >= 11 is 0. The molecule has 4 rings (SSSR count). The second-order valence-electron chi connectivity index (χ2n) is 6.59. The Morgan fingerprint density at radius 3 is 2.74 bits per heavy atom. The van der Waals surface area contributed by atoms with Gasteiger partial charge in [0.05, 0.1) is 5.69 Å². The molecule has 134 valence electrons. The van der Waals surface area contributed by atoms with Gasteiger partial charge in [0.15, 0.2) is 0 Å². The van der Waals surface area contributed by atoms with E-state index in [0.29, 0.717) is 11.3 Å². The number of rotatable bonds is 3. The van der Waals surface area contributed by atoms with E-state index in [1.807, 2.05) is 54.0 Å². The van der Waals surface area contributed by atoms with Gasteiger partial charge in [0.1, 0.15) is 11.5 Å². The molecule has 0 fully saturated rings. The van der Waals surface area contributed by atoms with E-state index in [9.17, 15) is 9.18 Å². The summed E-state index contributed by atoms with van der Waals surface area (Å²) < 4.78 is 15.7. The van der Waals surface area contributed by atoms with Crippen molar-refractivity contribution in [1.29, 1.82) is 0 Å². The summed E-state index contributed by atoms with van der Waals surface area (Å²) in [6.45, 7) is 3.69. The molecule has 0 aliphatic heterocycles. The minimum Gasteiger partial charge on any atom is -0.322 e. The van der Waals surface area contributed by atoms with Gasteiger partial charge in [-0.15, -0.1) is 0 Å². The van der Waals surface area contributed by atoms with E-state index in [0.717, 1.165) is 22.5 Å². The maximum Gasteiger partial charge on any atom is 0.255 e. The molecular weight excluding hydrogens is 341 g/mol. The van der Waals surface area contributed by atoms with Crippen LogP contribution in [0.25, 0.3) is 16.9 Å². The number of carbonyl (C=O) groups excluding carboxylic acids is 1. The lowest BCUT2D eigenvalue weighted by Crippen LogP contribution is -2.12. The summed E-state index contributed by atoms with van der Waals surface area (Å²) in [5, 5.41) is 2.82. The summed E-state index contributed by atoms with van der Waals surface area (Å²) in [5.41, 5.74) is 5.15. The Labute approximate surface area is 156 Å². The Morgan fingerprint density at radius 2 is 1.93 bits per heavy atom. The number of pyridine rings is 1. The lowest BCUT2D eigenvalue weighted by Gasteiger charge is -2.07. The Balaban J connectivity index is 1.61. The minimum atomic E-state index is -0.392. The smallest absolute Gasteiger partial charge is 0.255 e. The molecule has 0 atom stereocenters. The van der Waals surface area contributed by atoms with Gasteiger partial charge in [-0.1, -0.05) is 18.2 Å². The van der Waals surface area contributed by atoms with Crippen molar-refractivity contribution in [1.82, 2.24) is 9.38 Å². The van der Waals surface area contributed by atoms with E-state index in [1.54, 1.807) is 25.1 Å². The molecule has 1 N–H and O–H groups in total. The molecule has 4 nitrogen and oxygen atoms in total. The zero-order chi connectivity index (χ0) is 19.0. The number of fused-ring (bicyclic) bond motifs is 1. The molecule has 0 aliphatic rings. The van der Waals surface area contributed by atoms with Gasteiger partial charge in [0, 0.05) is 29.2 Å². The molecule has 0 aliphatic carbocycles. The molecule has 0 spiro atoms. The first-order valence-corrected chi connectivity index (χ1v) is 8.63.